The first-order valence-corrected chi connectivity index (χ1v) is 13.3. The molecule has 0 spiro atoms. The molecule has 2 aliphatic rings. The minimum atomic E-state index is 0.266. The van der Waals surface area contributed by atoms with Gasteiger partial charge in [-0.05, 0) is 49.2 Å². The summed E-state index contributed by atoms with van der Waals surface area (Å²) in [5.41, 5.74) is 1.09. The summed E-state index contributed by atoms with van der Waals surface area (Å²) < 4.78 is 7.07. The van der Waals surface area contributed by atoms with E-state index >= 15 is 0 Å². The van der Waals surface area contributed by atoms with E-state index in [1.165, 1.54) is 9.71 Å². The molecule has 0 aliphatic carbocycles. The average molecular weight is 499 g/mol. The highest BCUT2D eigenvalue weighted by atomic mass is 35.5. The molecule has 2 saturated heterocycles. The van der Waals surface area contributed by atoms with Crippen LogP contribution in [0.4, 0.5) is 0 Å². The zero-order valence-corrected chi connectivity index (χ0v) is 20.9. The van der Waals surface area contributed by atoms with Gasteiger partial charge in [0.2, 0.25) is 5.91 Å². The van der Waals surface area contributed by atoms with Crippen LogP contribution in [0.15, 0.2) is 48.5 Å². The van der Waals surface area contributed by atoms with Gasteiger partial charge in [-0.3, -0.25) is 14.6 Å². The topological polar surface area (TPSA) is 48.9 Å². The molecule has 0 atom stereocenters. The van der Waals surface area contributed by atoms with Gasteiger partial charge in [0.05, 0.1) is 21.8 Å². The fraction of sp³-hybridized carbons (Fsp3) is 0.462. The van der Waals surface area contributed by atoms with Crippen molar-refractivity contribution in [1.82, 2.24) is 19.7 Å². The third kappa shape index (κ3) is 5.89. The molecular formula is C26H31ClN4O2S. The summed E-state index contributed by atoms with van der Waals surface area (Å²) in [6, 6.07) is 15.8. The number of hydrogen-bond donors (Lipinski definition) is 0. The lowest BCUT2D eigenvalue weighted by atomic mass is 9.97. The maximum Gasteiger partial charge on any atom is 0.236 e. The Bertz CT molecular complexity index is 1060. The maximum absolute atomic E-state index is 12.9. The van der Waals surface area contributed by atoms with Gasteiger partial charge >= 0.3 is 0 Å². The van der Waals surface area contributed by atoms with Crippen LogP contribution < -0.4 is 4.74 Å². The minimum Gasteiger partial charge on any atom is -0.492 e. The fourth-order valence-corrected chi connectivity index (χ4v) is 5.99. The molecule has 3 aromatic rings. The Hall–Kier alpha value is -2.19. The number of piperidine rings is 1. The van der Waals surface area contributed by atoms with Crippen LogP contribution in [0.25, 0.3) is 10.2 Å². The van der Waals surface area contributed by atoms with E-state index in [9.17, 15) is 4.79 Å². The van der Waals surface area contributed by atoms with E-state index in [1.807, 2.05) is 30.3 Å². The summed E-state index contributed by atoms with van der Waals surface area (Å²) in [4.78, 5) is 24.5. The molecule has 2 aromatic carbocycles. The molecule has 0 bridgehead atoms. The number of rotatable bonds is 7. The van der Waals surface area contributed by atoms with Gasteiger partial charge in [-0.25, -0.2) is 4.98 Å². The highest BCUT2D eigenvalue weighted by Crippen LogP contribution is 2.33. The molecule has 8 heteroatoms. The van der Waals surface area contributed by atoms with Crippen LogP contribution in [0, 0.1) is 0 Å². The highest BCUT2D eigenvalue weighted by molar-refractivity contribution is 7.18. The molecule has 6 nitrogen and oxygen atoms in total. The van der Waals surface area contributed by atoms with Crippen molar-refractivity contribution in [2.24, 2.45) is 0 Å². The summed E-state index contributed by atoms with van der Waals surface area (Å²) >= 11 is 7.72. The Morgan fingerprint density at radius 2 is 1.68 bits per heavy atom. The molecule has 2 aliphatic heterocycles. The Labute approximate surface area is 210 Å². The van der Waals surface area contributed by atoms with Gasteiger partial charge in [-0.15, -0.1) is 11.3 Å². The first-order chi connectivity index (χ1) is 16.6. The van der Waals surface area contributed by atoms with Crippen LogP contribution in [-0.4, -0.2) is 84.6 Å². The standard InChI is InChI=1S/C26H31ClN4O2S/c27-21-5-7-22(8-6-21)33-18-17-29-13-15-30(16-14-29)19-25(32)31-11-9-20(10-12-31)26-28-23-3-1-2-4-24(23)34-26/h1-8,20H,9-19H2. The van der Waals surface area contributed by atoms with E-state index < -0.39 is 0 Å². The number of nitrogens with zero attached hydrogens (tertiary/aromatic N) is 4. The Morgan fingerprint density at radius 1 is 0.971 bits per heavy atom. The first-order valence-electron chi connectivity index (χ1n) is 12.1. The minimum absolute atomic E-state index is 0.266. The number of fused-ring (bicyclic) bond motifs is 1. The molecule has 5 rings (SSSR count). The SMILES string of the molecule is O=C(CN1CCN(CCOc2ccc(Cl)cc2)CC1)N1CCC(c2nc3ccccc3s2)CC1. The first kappa shape index (κ1) is 23.5. The highest BCUT2D eigenvalue weighted by Gasteiger charge is 2.27. The zero-order chi connectivity index (χ0) is 23.3. The van der Waals surface area contributed by atoms with Crippen LogP contribution in [0.1, 0.15) is 23.8 Å². The lowest BCUT2D eigenvalue weighted by molar-refractivity contribution is -0.133. The number of likely N-dealkylation sites (tertiary alicyclic amines) is 1. The van der Waals surface area contributed by atoms with E-state index in [1.54, 1.807) is 11.3 Å². The number of carbonyl (C=O) groups is 1. The summed E-state index contributed by atoms with van der Waals surface area (Å²) in [5, 5.41) is 1.94. The Kier molecular flexibility index (Phi) is 7.64. The van der Waals surface area contributed by atoms with Crippen molar-refractivity contribution in [2.75, 3.05) is 59.0 Å². The summed E-state index contributed by atoms with van der Waals surface area (Å²) in [7, 11) is 0. The van der Waals surface area contributed by atoms with Crippen LogP contribution in [0.2, 0.25) is 5.02 Å². The molecular weight excluding hydrogens is 468 g/mol. The second-order valence-electron chi connectivity index (χ2n) is 9.10. The second kappa shape index (κ2) is 11.0. The number of carbonyl (C=O) groups excluding carboxylic acids is 1. The normalized spacial score (nSPS) is 18.4. The van der Waals surface area contributed by atoms with Crippen molar-refractivity contribution < 1.29 is 9.53 Å². The quantitative estimate of drug-likeness (QED) is 0.484. The number of amides is 1. The number of aromatic nitrogens is 1. The van der Waals surface area contributed by atoms with Gasteiger partial charge in [0.15, 0.2) is 0 Å². The van der Waals surface area contributed by atoms with Crippen molar-refractivity contribution in [3.05, 3.63) is 58.6 Å². The predicted octanol–water partition coefficient (Wildman–Crippen LogP) is 4.35. The van der Waals surface area contributed by atoms with Crippen LogP contribution in [0.5, 0.6) is 5.75 Å². The zero-order valence-electron chi connectivity index (χ0n) is 19.4. The largest absolute Gasteiger partial charge is 0.492 e. The van der Waals surface area contributed by atoms with Gasteiger partial charge in [-0.1, -0.05) is 23.7 Å². The third-order valence-corrected chi connectivity index (χ3v) is 8.27. The summed E-state index contributed by atoms with van der Waals surface area (Å²) in [6.45, 7) is 7.54. The molecule has 2 fully saturated rings. The number of para-hydroxylation sites is 1. The number of benzene rings is 2. The van der Waals surface area contributed by atoms with Gasteiger partial charge in [-0.2, -0.15) is 0 Å². The van der Waals surface area contributed by atoms with Crippen molar-refractivity contribution in [2.45, 2.75) is 18.8 Å². The molecule has 180 valence electrons. The lowest BCUT2D eigenvalue weighted by Gasteiger charge is -2.36. The number of ether oxygens (including phenoxy) is 1. The van der Waals surface area contributed by atoms with E-state index in [2.05, 4.69) is 32.9 Å². The molecule has 1 aromatic heterocycles. The molecule has 3 heterocycles. The van der Waals surface area contributed by atoms with Crippen LogP contribution in [-0.2, 0) is 4.79 Å². The fourth-order valence-electron chi connectivity index (χ4n) is 4.73. The van der Waals surface area contributed by atoms with Crippen molar-refractivity contribution in [3.8, 4) is 5.75 Å². The lowest BCUT2D eigenvalue weighted by Crippen LogP contribution is -2.51. The van der Waals surface area contributed by atoms with Crippen molar-refractivity contribution in [3.63, 3.8) is 0 Å². The second-order valence-corrected chi connectivity index (χ2v) is 10.6. The van der Waals surface area contributed by atoms with E-state index in [0.29, 0.717) is 19.1 Å². The van der Waals surface area contributed by atoms with E-state index in [0.717, 1.165) is 74.9 Å². The molecule has 34 heavy (non-hydrogen) atoms. The summed E-state index contributed by atoms with van der Waals surface area (Å²) in [6.07, 6.45) is 2.01. The number of halogens is 1. The van der Waals surface area contributed by atoms with Crippen LogP contribution >= 0.6 is 22.9 Å². The number of piperazine rings is 1. The van der Waals surface area contributed by atoms with Gasteiger partial charge in [0.1, 0.15) is 12.4 Å². The molecule has 1 amide bonds. The monoisotopic (exact) mass is 498 g/mol. The maximum atomic E-state index is 12.9. The molecule has 0 radical (unpaired) electrons. The van der Waals surface area contributed by atoms with Gasteiger partial charge in [0.25, 0.3) is 0 Å². The number of thiazole rings is 1. The van der Waals surface area contributed by atoms with E-state index in [4.69, 9.17) is 21.3 Å². The third-order valence-electron chi connectivity index (χ3n) is 6.82. The molecule has 0 N–H and O–H groups in total. The molecule has 0 unspecified atom stereocenters. The van der Waals surface area contributed by atoms with Crippen molar-refractivity contribution in [1.29, 1.82) is 0 Å². The summed E-state index contributed by atoms with van der Waals surface area (Å²) in [5.74, 6) is 1.59. The molecule has 0 saturated carbocycles. The Morgan fingerprint density at radius 3 is 2.41 bits per heavy atom. The van der Waals surface area contributed by atoms with Gasteiger partial charge < -0.3 is 9.64 Å². The van der Waals surface area contributed by atoms with Crippen LogP contribution in [0.3, 0.4) is 0 Å². The number of hydrogen-bond acceptors (Lipinski definition) is 6. The average Bonchev–Trinajstić information content (AvgIpc) is 3.31. The smallest absolute Gasteiger partial charge is 0.236 e. The van der Waals surface area contributed by atoms with Crippen molar-refractivity contribution >= 4 is 39.1 Å². The van der Waals surface area contributed by atoms with E-state index in [-0.39, 0.29) is 5.91 Å². The predicted molar refractivity (Wildman–Crippen MR) is 138 cm³/mol. The Balaban J connectivity index is 1.01. The van der Waals surface area contributed by atoms with Gasteiger partial charge in [0, 0.05) is 56.8 Å².